The highest BCUT2D eigenvalue weighted by molar-refractivity contribution is 7.13. The molecule has 0 aliphatic rings. The van der Waals surface area contributed by atoms with Gasteiger partial charge in [0.25, 0.3) is 0 Å². The molecule has 0 aliphatic carbocycles. The fraction of sp³-hybridized carbons (Fsp3) is 0. The van der Waals surface area contributed by atoms with Crippen molar-refractivity contribution in [1.29, 1.82) is 0 Å². The van der Waals surface area contributed by atoms with E-state index in [-0.39, 0.29) is 5.23 Å². The normalized spacial score (nSPS) is 9.25. The fourth-order valence-corrected chi connectivity index (χ4v) is 0.754. The zero-order chi connectivity index (χ0) is 5.98. The van der Waals surface area contributed by atoms with Crippen molar-refractivity contribution in [2.75, 3.05) is 5.23 Å². The van der Waals surface area contributed by atoms with Crippen LogP contribution in [0.2, 0.25) is 0 Å². The maximum absolute atomic E-state index is 8.27. The molecule has 1 aromatic heterocycles. The highest BCUT2D eigenvalue weighted by Crippen LogP contribution is 2.14. The quantitative estimate of drug-likeness (QED) is 0.553. The summed E-state index contributed by atoms with van der Waals surface area (Å²) < 4.78 is 0. The van der Waals surface area contributed by atoms with Crippen LogP contribution in [-0.2, 0) is 0 Å². The third kappa shape index (κ3) is 0.945. The van der Waals surface area contributed by atoms with Gasteiger partial charge in [0.1, 0.15) is 0 Å². The van der Waals surface area contributed by atoms with Crippen molar-refractivity contribution in [3.05, 3.63) is 11.7 Å². The maximum Gasteiger partial charge on any atom is 0.167 e. The van der Waals surface area contributed by atoms with Gasteiger partial charge >= 0.3 is 0 Å². The summed E-state index contributed by atoms with van der Waals surface area (Å²) >= 11 is 1.15. The Bertz CT molecular complexity index is 150. The molecule has 2 N–H and O–H groups in total. The molecule has 0 atom stereocenters. The van der Waals surface area contributed by atoms with Gasteiger partial charge in [-0.15, -0.1) is 16.6 Å². The van der Waals surface area contributed by atoms with Gasteiger partial charge in [0.2, 0.25) is 0 Å². The molecular weight excluding hydrogens is 128 g/mol. The lowest BCUT2D eigenvalue weighted by Crippen LogP contribution is -2.08. The second-order valence-corrected chi connectivity index (χ2v) is 1.99. The largest absolute Gasteiger partial charge is 0.263 e. The number of hydrogen-bond donors (Lipinski definition) is 2. The Labute approximate surface area is 49.5 Å². The number of rotatable bonds is 1. The van der Waals surface area contributed by atoms with E-state index in [1.807, 2.05) is 0 Å². The van der Waals surface area contributed by atoms with Crippen molar-refractivity contribution < 1.29 is 10.4 Å². The van der Waals surface area contributed by atoms with E-state index in [1.165, 1.54) is 11.7 Å². The first kappa shape index (κ1) is 5.49. The Morgan fingerprint density at radius 2 is 2.38 bits per heavy atom. The smallest absolute Gasteiger partial charge is 0.167 e. The van der Waals surface area contributed by atoms with E-state index < -0.39 is 0 Å². The highest BCUT2D eigenvalue weighted by atomic mass is 32.1. The highest BCUT2D eigenvalue weighted by Gasteiger charge is 1.96. The minimum absolute atomic E-state index is 0.0394. The van der Waals surface area contributed by atoms with Crippen molar-refractivity contribution in [2.45, 2.75) is 0 Å². The maximum atomic E-state index is 8.27. The van der Waals surface area contributed by atoms with Crippen LogP contribution in [0.15, 0.2) is 11.7 Å². The zero-order valence-corrected chi connectivity index (χ0v) is 4.67. The summed E-state index contributed by atoms with van der Waals surface area (Å²) in [6.07, 6.45) is 1.35. The molecule has 0 bridgehead atoms. The molecule has 8 heavy (non-hydrogen) atoms. The number of hydrogen-bond acceptors (Lipinski definition) is 5. The van der Waals surface area contributed by atoms with E-state index >= 15 is 0 Å². The molecule has 4 nitrogen and oxygen atoms in total. The first-order chi connectivity index (χ1) is 3.80. The SMILES string of the molecule is ON(O)c1cncs1. The molecule has 1 aromatic rings. The molecule has 0 unspecified atom stereocenters. The van der Waals surface area contributed by atoms with Crippen LogP contribution in [-0.4, -0.2) is 15.4 Å². The van der Waals surface area contributed by atoms with Gasteiger partial charge in [-0.2, -0.15) is 0 Å². The fourth-order valence-electron chi connectivity index (χ4n) is 0.308. The number of aromatic nitrogens is 1. The van der Waals surface area contributed by atoms with E-state index in [1.54, 1.807) is 0 Å². The second-order valence-electron chi connectivity index (χ2n) is 1.13. The summed E-state index contributed by atoms with van der Waals surface area (Å²) in [4.78, 5) is 3.60. The van der Waals surface area contributed by atoms with E-state index in [2.05, 4.69) is 4.98 Å². The minimum atomic E-state index is 0.0394. The average Bonchev–Trinajstić information content (AvgIpc) is 2.12. The summed E-state index contributed by atoms with van der Waals surface area (Å²) in [6.45, 7) is 0. The molecular formula is C3H4N2O2S. The second kappa shape index (κ2) is 2.08. The Morgan fingerprint density at radius 1 is 1.62 bits per heavy atom. The van der Waals surface area contributed by atoms with Crippen molar-refractivity contribution in [2.24, 2.45) is 0 Å². The first-order valence-electron chi connectivity index (χ1n) is 1.87. The Balaban J connectivity index is 2.77. The van der Waals surface area contributed by atoms with Gasteiger partial charge in [0, 0.05) is 0 Å². The summed E-state index contributed by atoms with van der Waals surface area (Å²) in [5.41, 5.74) is 1.51. The Kier molecular flexibility index (Phi) is 1.43. The molecule has 0 aliphatic heterocycles. The predicted molar refractivity (Wildman–Crippen MR) is 28.2 cm³/mol. The van der Waals surface area contributed by atoms with Gasteiger partial charge in [-0.25, -0.2) is 0 Å². The van der Waals surface area contributed by atoms with E-state index in [0.29, 0.717) is 5.00 Å². The van der Waals surface area contributed by atoms with Gasteiger partial charge in [-0.1, -0.05) is 0 Å². The first-order valence-corrected chi connectivity index (χ1v) is 2.75. The summed E-state index contributed by atoms with van der Waals surface area (Å²) in [6, 6.07) is 0. The lowest BCUT2D eigenvalue weighted by atomic mass is 10.9. The Morgan fingerprint density at radius 3 is 2.62 bits per heavy atom. The van der Waals surface area contributed by atoms with Gasteiger partial charge < -0.3 is 0 Å². The van der Waals surface area contributed by atoms with Gasteiger partial charge in [0.15, 0.2) is 5.00 Å². The van der Waals surface area contributed by atoms with Crippen LogP contribution in [0.5, 0.6) is 0 Å². The van der Waals surface area contributed by atoms with Crippen LogP contribution in [0.25, 0.3) is 0 Å². The number of thiazole rings is 1. The lowest BCUT2D eigenvalue weighted by molar-refractivity contribution is 0.0311. The van der Waals surface area contributed by atoms with Crippen molar-refractivity contribution in [3.8, 4) is 0 Å². The van der Waals surface area contributed by atoms with Crippen molar-refractivity contribution in [3.63, 3.8) is 0 Å². The monoisotopic (exact) mass is 132 g/mol. The molecule has 0 spiro atoms. The van der Waals surface area contributed by atoms with Crippen LogP contribution < -0.4 is 5.23 Å². The number of nitrogens with zero attached hydrogens (tertiary/aromatic N) is 2. The molecule has 44 valence electrons. The zero-order valence-electron chi connectivity index (χ0n) is 3.85. The minimum Gasteiger partial charge on any atom is -0.263 e. The third-order valence-electron chi connectivity index (χ3n) is 0.616. The van der Waals surface area contributed by atoms with Crippen LogP contribution in [0.4, 0.5) is 5.00 Å². The van der Waals surface area contributed by atoms with Gasteiger partial charge in [-0.05, 0) is 0 Å². The van der Waals surface area contributed by atoms with E-state index in [4.69, 9.17) is 10.4 Å². The molecule has 5 heteroatoms. The molecule has 0 radical (unpaired) electrons. The molecule has 0 aromatic carbocycles. The molecule has 1 heterocycles. The molecule has 0 fully saturated rings. The van der Waals surface area contributed by atoms with Crippen LogP contribution in [0.3, 0.4) is 0 Å². The van der Waals surface area contributed by atoms with Crippen LogP contribution in [0.1, 0.15) is 0 Å². The molecule has 0 amide bonds. The van der Waals surface area contributed by atoms with Crippen molar-refractivity contribution in [1.82, 2.24) is 4.98 Å². The molecule has 1 rings (SSSR count). The third-order valence-corrected chi connectivity index (χ3v) is 1.35. The topological polar surface area (TPSA) is 56.6 Å². The average molecular weight is 132 g/mol. The molecule has 0 saturated heterocycles. The lowest BCUT2D eigenvalue weighted by Gasteiger charge is -1.99. The molecule has 0 saturated carbocycles. The van der Waals surface area contributed by atoms with Crippen molar-refractivity contribution >= 4 is 16.3 Å². The Hall–Kier alpha value is -0.650. The van der Waals surface area contributed by atoms with Gasteiger partial charge in [0.05, 0.1) is 11.7 Å². The van der Waals surface area contributed by atoms with Crippen LogP contribution >= 0.6 is 11.3 Å². The number of anilines is 1. The standard InChI is InChI=1S/C3H4N2O2S/c6-5(7)3-1-4-2-8-3/h1-2,6-7H. The van der Waals surface area contributed by atoms with E-state index in [9.17, 15) is 0 Å². The predicted octanol–water partition coefficient (Wildman–Crippen LogP) is 0.728. The summed E-state index contributed by atoms with van der Waals surface area (Å²) in [7, 11) is 0. The van der Waals surface area contributed by atoms with Gasteiger partial charge in [-0.3, -0.25) is 15.4 Å². The van der Waals surface area contributed by atoms with E-state index in [0.717, 1.165) is 11.3 Å². The summed E-state index contributed by atoms with van der Waals surface area (Å²) in [5, 5.41) is 16.9. The van der Waals surface area contributed by atoms with Crippen LogP contribution in [0, 0.1) is 0 Å². The summed E-state index contributed by atoms with van der Waals surface area (Å²) in [5.74, 6) is 0.